The van der Waals surface area contributed by atoms with Crippen LogP contribution < -0.4 is 0 Å². The SMILES string of the molecule is c1ccc(-c2nc(-c3ccccc3)nc(-c3c(-c4ccc5oc6ccccc6c5c4)cccc3-c3cc(-n4c5ccccc5c5ccccc54)cc4c3oc3ccccc34)n2)cc1. The lowest BCUT2D eigenvalue weighted by atomic mass is 9.89. The predicted octanol–water partition coefficient (Wildman–Crippen LogP) is 15.1. The van der Waals surface area contributed by atoms with Crippen molar-refractivity contribution in [3.05, 3.63) is 206 Å². The van der Waals surface area contributed by atoms with Crippen molar-refractivity contribution in [3.63, 3.8) is 0 Å². The van der Waals surface area contributed by atoms with Gasteiger partial charge in [0.2, 0.25) is 0 Å². The number of hydrogen-bond acceptors (Lipinski definition) is 5. The molecule has 4 aromatic heterocycles. The van der Waals surface area contributed by atoms with Crippen LogP contribution in [-0.2, 0) is 0 Å². The van der Waals surface area contributed by atoms with Crippen LogP contribution in [0.3, 0.4) is 0 Å². The van der Waals surface area contributed by atoms with Gasteiger partial charge in [0.1, 0.15) is 22.3 Å². The molecule has 0 radical (unpaired) electrons. The topological polar surface area (TPSA) is 69.9 Å². The van der Waals surface area contributed by atoms with Gasteiger partial charge in [-0.05, 0) is 65.2 Å². The Balaban J connectivity index is 1.16. The van der Waals surface area contributed by atoms with E-state index in [1.165, 1.54) is 10.8 Å². The van der Waals surface area contributed by atoms with E-state index in [2.05, 4.69) is 126 Å². The van der Waals surface area contributed by atoms with E-state index in [0.717, 1.165) is 99.5 Å². The fourth-order valence-corrected chi connectivity index (χ4v) is 9.41. The van der Waals surface area contributed by atoms with Crippen LogP contribution >= 0.6 is 0 Å². The van der Waals surface area contributed by atoms with Gasteiger partial charge in [-0.3, -0.25) is 0 Å². The number of hydrogen-bond donors (Lipinski definition) is 0. The average molecular weight is 807 g/mol. The number of rotatable bonds is 6. The summed E-state index contributed by atoms with van der Waals surface area (Å²) in [6, 6.07) is 71.5. The van der Waals surface area contributed by atoms with Crippen LogP contribution in [0.4, 0.5) is 0 Å². The van der Waals surface area contributed by atoms with Gasteiger partial charge in [0, 0.05) is 60.3 Å². The summed E-state index contributed by atoms with van der Waals surface area (Å²) in [5.74, 6) is 1.73. The Morgan fingerprint density at radius 1 is 0.317 bits per heavy atom. The van der Waals surface area contributed by atoms with Crippen molar-refractivity contribution in [2.75, 3.05) is 0 Å². The quantitative estimate of drug-likeness (QED) is 0.167. The predicted molar refractivity (Wildman–Crippen MR) is 256 cm³/mol. The van der Waals surface area contributed by atoms with Crippen LogP contribution in [0, 0.1) is 0 Å². The molecule has 0 N–H and O–H groups in total. The Morgan fingerprint density at radius 2 is 0.841 bits per heavy atom. The van der Waals surface area contributed by atoms with Gasteiger partial charge in [0.05, 0.1) is 11.0 Å². The molecule has 0 saturated carbocycles. The van der Waals surface area contributed by atoms with Crippen LogP contribution in [-0.4, -0.2) is 19.5 Å². The number of furan rings is 2. The minimum atomic E-state index is 0.553. The van der Waals surface area contributed by atoms with Gasteiger partial charge >= 0.3 is 0 Å². The molecule has 0 aliphatic rings. The van der Waals surface area contributed by atoms with Crippen molar-refractivity contribution < 1.29 is 8.83 Å². The minimum absolute atomic E-state index is 0.553. The molecule has 4 heterocycles. The summed E-state index contributed by atoms with van der Waals surface area (Å²) in [6.45, 7) is 0. The maximum Gasteiger partial charge on any atom is 0.165 e. The Hall–Kier alpha value is -8.61. The van der Waals surface area contributed by atoms with E-state index in [9.17, 15) is 0 Å². The Bertz CT molecular complexity index is 3810. The smallest absolute Gasteiger partial charge is 0.165 e. The highest BCUT2D eigenvalue weighted by Crippen LogP contribution is 2.46. The molecule has 0 unspecified atom stereocenters. The summed E-state index contributed by atoms with van der Waals surface area (Å²) in [5.41, 5.74) is 13.1. The summed E-state index contributed by atoms with van der Waals surface area (Å²) < 4.78 is 15.6. The third kappa shape index (κ3) is 5.62. The lowest BCUT2D eigenvalue weighted by Gasteiger charge is -2.18. The van der Waals surface area contributed by atoms with Crippen LogP contribution in [0.15, 0.2) is 215 Å². The molecule has 6 nitrogen and oxygen atoms in total. The van der Waals surface area contributed by atoms with Gasteiger partial charge in [0.25, 0.3) is 0 Å². The molecule has 6 heteroatoms. The first-order chi connectivity index (χ1) is 31.2. The molecule has 0 amide bonds. The van der Waals surface area contributed by atoms with E-state index in [0.29, 0.717) is 17.5 Å². The second-order valence-electron chi connectivity index (χ2n) is 15.9. The highest BCUT2D eigenvalue weighted by molar-refractivity contribution is 6.14. The van der Waals surface area contributed by atoms with Crippen molar-refractivity contribution in [2.24, 2.45) is 0 Å². The van der Waals surface area contributed by atoms with Crippen molar-refractivity contribution in [1.29, 1.82) is 0 Å². The van der Waals surface area contributed by atoms with Gasteiger partial charge < -0.3 is 13.4 Å². The molecule has 0 fully saturated rings. The Morgan fingerprint density at radius 3 is 1.51 bits per heavy atom. The van der Waals surface area contributed by atoms with Gasteiger partial charge in [-0.25, -0.2) is 15.0 Å². The van der Waals surface area contributed by atoms with Gasteiger partial charge in [0.15, 0.2) is 17.5 Å². The Labute approximate surface area is 361 Å². The molecule has 9 aromatic carbocycles. The monoisotopic (exact) mass is 806 g/mol. The highest BCUT2D eigenvalue weighted by Gasteiger charge is 2.25. The molecular weight excluding hydrogens is 773 g/mol. The first kappa shape index (κ1) is 35.2. The summed E-state index contributed by atoms with van der Waals surface area (Å²) in [7, 11) is 0. The molecule has 0 aliphatic carbocycles. The van der Waals surface area contributed by atoms with E-state index in [1.807, 2.05) is 84.9 Å². The highest BCUT2D eigenvalue weighted by atomic mass is 16.3. The summed E-state index contributed by atoms with van der Waals surface area (Å²) in [5, 5.41) is 6.57. The van der Waals surface area contributed by atoms with Crippen molar-refractivity contribution >= 4 is 65.7 Å². The van der Waals surface area contributed by atoms with Crippen LogP contribution in [0.5, 0.6) is 0 Å². The largest absolute Gasteiger partial charge is 0.456 e. The lowest BCUT2D eigenvalue weighted by molar-refractivity contribution is 0.669. The van der Waals surface area contributed by atoms with Crippen LogP contribution in [0.1, 0.15) is 0 Å². The average Bonchev–Trinajstić information content (AvgIpc) is 4.03. The molecule has 294 valence electrons. The van der Waals surface area contributed by atoms with E-state index in [4.69, 9.17) is 23.8 Å². The van der Waals surface area contributed by atoms with Crippen molar-refractivity contribution in [1.82, 2.24) is 19.5 Å². The molecule has 63 heavy (non-hydrogen) atoms. The van der Waals surface area contributed by atoms with Crippen LogP contribution in [0.25, 0.3) is 128 Å². The molecule has 0 bridgehead atoms. The van der Waals surface area contributed by atoms with Gasteiger partial charge in [-0.1, -0.05) is 158 Å². The summed E-state index contributed by atoms with van der Waals surface area (Å²) in [6.07, 6.45) is 0. The van der Waals surface area contributed by atoms with E-state index < -0.39 is 0 Å². The first-order valence-corrected chi connectivity index (χ1v) is 21.1. The molecule has 0 atom stereocenters. The molecular formula is C57H34N4O2. The van der Waals surface area contributed by atoms with E-state index in [1.54, 1.807) is 0 Å². The summed E-state index contributed by atoms with van der Waals surface area (Å²) in [4.78, 5) is 15.8. The van der Waals surface area contributed by atoms with Crippen molar-refractivity contribution in [2.45, 2.75) is 0 Å². The Kier molecular flexibility index (Phi) is 7.80. The number of aromatic nitrogens is 4. The molecule has 0 spiro atoms. The zero-order valence-corrected chi connectivity index (χ0v) is 33.7. The zero-order valence-electron chi connectivity index (χ0n) is 33.7. The normalized spacial score (nSPS) is 11.8. The minimum Gasteiger partial charge on any atom is -0.456 e. The van der Waals surface area contributed by atoms with Crippen LogP contribution in [0.2, 0.25) is 0 Å². The maximum absolute atomic E-state index is 6.93. The third-order valence-corrected chi connectivity index (χ3v) is 12.3. The summed E-state index contributed by atoms with van der Waals surface area (Å²) >= 11 is 0. The standard InChI is InChI=1S/C57H34N4O2/c1-3-16-35(17-4-1)55-58-56(36-18-5-2-6-19-36)60-57(59-55)53-39(37-30-31-52-45(32-37)42-22-9-13-28-50(42)62-52)24-15-25-44(53)47-34-38(33-46-43-23-10-14-29-51(43)63-54(46)47)61-48-26-11-7-20-40(48)41-21-8-12-27-49(41)61/h1-34H. The molecule has 0 saturated heterocycles. The fraction of sp³-hybridized carbons (Fsp3) is 0. The van der Waals surface area contributed by atoms with E-state index in [-0.39, 0.29) is 0 Å². The van der Waals surface area contributed by atoms with Gasteiger partial charge in [-0.2, -0.15) is 0 Å². The second kappa shape index (κ2) is 14.0. The molecule has 13 aromatic rings. The number of fused-ring (bicyclic) bond motifs is 9. The first-order valence-electron chi connectivity index (χ1n) is 21.1. The molecule has 13 rings (SSSR count). The molecule has 0 aliphatic heterocycles. The number of para-hydroxylation sites is 4. The second-order valence-corrected chi connectivity index (χ2v) is 15.9. The maximum atomic E-state index is 6.93. The van der Waals surface area contributed by atoms with Gasteiger partial charge in [-0.15, -0.1) is 0 Å². The zero-order chi connectivity index (χ0) is 41.4. The fourth-order valence-electron chi connectivity index (χ4n) is 9.41. The number of benzene rings is 9. The number of nitrogens with zero attached hydrogens (tertiary/aromatic N) is 4. The van der Waals surface area contributed by atoms with Crippen molar-refractivity contribution in [3.8, 4) is 62.1 Å². The third-order valence-electron chi connectivity index (χ3n) is 12.3. The van der Waals surface area contributed by atoms with E-state index >= 15 is 0 Å². The lowest BCUT2D eigenvalue weighted by Crippen LogP contribution is -2.03.